The Morgan fingerprint density at radius 2 is 2.07 bits per heavy atom. The summed E-state index contributed by atoms with van der Waals surface area (Å²) in [6, 6.07) is 1.71. The number of carbonyl (C=O) groups excluding carboxylic acids is 1. The summed E-state index contributed by atoms with van der Waals surface area (Å²) in [5.41, 5.74) is 1.03. The topological polar surface area (TPSA) is 52.1 Å². The zero-order valence-electron chi connectivity index (χ0n) is 8.73. The normalized spacial score (nSPS) is 11.6. The van der Waals surface area contributed by atoms with Gasteiger partial charge < -0.3 is 4.74 Å². The number of rotatable bonds is 3. The maximum atomic E-state index is 11.4. The van der Waals surface area contributed by atoms with Gasteiger partial charge in [-0.2, -0.15) is 0 Å². The molecule has 0 aliphatic rings. The van der Waals surface area contributed by atoms with E-state index in [-0.39, 0.29) is 0 Å². The number of aromatic nitrogens is 2. The largest absolute Gasteiger partial charge is 0.465 e. The first kappa shape index (κ1) is 11.1. The van der Waals surface area contributed by atoms with Crippen LogP contribution in [0, 0.1) is 0 Å². The fourth-order valence-corrected chi connectivity index (χ4v) is 1.11. The number of esters is 1. The first-order valence-electron chi connectivity index (χ1n) is 4.39. The molecule has 0 amide bonds. The molecule has 15 heavy (non-hydrogen) atoms. The molecule has 1 aromatic heterocycles. The Balaban J connectivity index is 3.18. The molecule has 4 nitrogen and oxygen atoms in total. The molecule has 78 valence electrons. The summed E-state index contributed by atoms with van der Waals surface area (Å²) in [6.07, 6.45) is 4.67. The van der Waals surface area contributed by atoms with Crippen molar-refractivity contribution in [1.29, 1.82) is 0 Å². The van der Waals surface area contributed by atoms with Crippen molar-refractivity contribution in [3.63, 3.8) is 0 Å². The Kier molecular flexibility index (Phi) is 3.74. The first-order valence-corrected chi connectivity index (χ1v) is 4.39. The van der Waals surface area contributed by atoms with Crippen LogP contribution in [-0.4, -0.2) is 23.0 Å². The van der Waals surface area contributed by atoms with Gasteiger partial charge in [0.05, 0.1) is 12.7 Å². The number of carbonyl (C=O) groups is 1. The summed E-state index contributed by atoms with van der Waals surface area (Å²) in [4.78, 5) is 19.4. The standard InChI is InChI=1S/C11H12N2O2/c1-4-9(11(14)15-3)8(2)10-12-6-5-7-13-10/h4-7H,1H2,2-3H3. The zero-order valence-corrected chi connectivity index (χ0v) is 8.73. The molecule has 1 heterocycles. The molecule has 0 bridgehead atoms. The number of hydrogen-bond acceptors (Lipinski definition) is 4. The second kappa shape index (κ2) is 5.05. The van der Waals surface area contributed by atoms with Crippen LogP contribution in [0.3, 0.4) is 0 Å². The van der Waals surface area contributed by atoms with Crippen molar-refractivity contribution >= 4 is 11.5 Å². The van der Waals surface area contributed by atoms with Crippen molar-refractivity contribution in [3.8, 4) is 0 Å². The van der Waals surface area contributed by atoms with Gasteiger partial charge in [-0.1, -0.05) is 12.7 Å². The van der Waals surface area contributed by atoms with Crippen LogP contribution in [0.25, 0.3) is 5.57 Å². The molecular formula is C11H12N2O2. The average Bonchev–Trinajstić information content (AvgIpc) is 2.30. The summed E-state index contributed by atoms with van der Waals surface area (Å²) in [7, 11) is 1.32. The Labute approximate surface area is 88.3 Å². The highest BCUT2D eigenvalue weighted by Crippen LogP contribution is 2.15. The lowest BCUT2D eigenvalue weighted by Gasteiger charge is -2.04. The Hall–Kier alpha value is -1.97. The van der Waals surface area contributed by atoms with Gasteiger partial charge in [-0.05, 0) is 13.0 Å². The molecule has 0 saturated carbocycles. The van der Waals surface area contributed by atoms with E-state index in [0.29, 0.717) is 17.0 Å². The van der Waals surface area contributed by atoms with Gasteiger partial charge >= 0.3 is 5.97 Å². The lowest BCUT2D eigenvalue weighted by Crippen LogP contribution is -2.05. The quantitative estimate of drug-likeness (QED) is 0.426. The van der Waals surface area contributed by atoms with Gasteiger partial charge in [0.2, 0.25) is 0 Å². The molecule has 1 rings (SSSR count). The molecule has 0 saturated heterocycles. The lowest BCUT2D eigenvalue weighted by molar-refractivity contribution is -0.135. The summed E-state index contributed by atoms with van der Waals surface area (Å²) in [5, 5.41) is 0. The minimum absolute atomic E-state index is 0.378. The highest BCUT2D eigenvalue weighted by molar-refractivity contribution is 5.99. The molecule has 4 heteroatoms. The van der Waals surface area contributed by atoms with E-state index >= 15 is 0 Å². The maximum absolute atomic E-state index is 11.4. The van der Waals surface area contributed by atoms with Gasteiger partial charge in [0, 0.05) is 18.0 Å². The summed E-state index contributed by atoms with van der Waals surface area (Å²) >= 11 is 0. The van der Waals surface area contributed by atoms with Gasteiger partial charge in [0.25, 0.3) is 0 Å². The van der Waals surface area contributed by atoms with Gasteiger partial charge in [-0.25, -0.2) is 14.8 Å². The van der Waals surface area contributed by atoms with E-state index in [4.69, 9.17) is 0 Å². The molecule has 0 radical (unpaired) electrons. The zero-order chi connectivity index (χ0) is 11.3. The molecule has 0 fully saturated rings. The number of ether oxygens (including phenoxy) is 1. The molecular weight excluding hydrogens is 192 g/mol. The second-order valence-corrected chi connectivity index (χ2v) is 2.81. The Morgan fingerprint density at radius 1 is 1.47 bits per heavy atom. The van der Waals surface area contributed by atoms with Crippen LogP contribution >= 0.6 is 0 Å². The van der Waals surface area contributed by atoms with Crippen molar-refractivity contribution in [2.75, 3.05) is 7.11 Å². The SMILES string of the molecule is C=CC(C(=O)OC)=C(C)c1ncccn1. The third-order valence-corrected chi connectivity index (χ3v) is 1.91. The van der Waals surface area contributed by atoms with E-state index in [1.54, 1.807) is 25.4 Å². The maximum Gasteiger partial charge on any atom is 0.338 e. The third kappa shape index (κ3) is 2.49. The van der Waals surface area contributed by atoms with Crippen molar-refractivity contribution < 1.29 is 9.53 Å². The molecule has 0 aliphatic carbocycles. The number of hydrogen-bond donors (Lipinski definition) is 0. The fraction of sp³-hybridized carbons (Fsp3) is 0.182. The molecule has 0 spiro atoms. The van der Waals surface area contributed by atoms with E-state index in [0.717, 1.165) is 0 Å². The van der Waals surface area contributed by atoms with Crippen LogP contribution in [0.1, 0.15) is 12.7 Å². The molecule has 0 atom stereocenters. The van der Waals surface area contributed by atoms with Gasteiger partial charge in [-0.15, -0.1) is 0 Å². The molecule has 0 unspecified atom stereocenters. The summed E-state index contributed by atoms with van der Waals surface area (Å²) in [6.45, 7) is 5.32. The van der Waals surface area contributed by atoms with Crippen molar-refractivity contribution in [2.24, 2.45) is 0 Å². The van der Waals surface area contributed by atoms with Crippen molar-refractivity contribution in [1.82, 2.24) is 9.97 Å². The highest BCUT2D eigenvalue weighted by Gasteiger charge is 2.12. The van der Waals surface area contributed by atoms with Crippen LogP contribution in [0.2, 0.25) is 0 Å². The lowest BCUT2D eigenvalue weighted by atomic mass is 10.1. The summed E-state index contributed by atoms with van der Waals surface area (Å²) < 4.78 is 4.62. The summed E-state index contributed by atoms with van der Waals surface area (Å²) in [5.74, 6) is 0.0627. The Bertz CT molecular complexity index is 396. The van der Waals surface area contributed by atoms with Crippen LogP contribution in [-0.2, 0) is 9.53 Å². The smallest absolute Gasteiger partial charge is 0.338 e. The van der Waals surface area contributed by atoms with Gasteiger partial charge in [-0.3, -0.25) is 0 Å². The van der Waals surface area contributed by atoms with Gasteiger partial charge in [0.1, 0.15) is 0 Å². The number of allylic oxidation sites excluding steroid dienone is 1. The first-order chi connectivity index (χ1) is 7.20. The van der Waals surface area contributed by atoms with Crippen LogP contribution in [0.5, 0.6) is 0 Å². The van der Waals surface area contributed by atoms with Crippen LogP contribution in [0.4, 0.5) is 0 Å². The van der Waals surface area contributed by atoms with Crippen molar-refractivity contribution in [3.05, 3.63) is 42.5 Å². The highest BCUT2D eigenvalue weighted by atomic mass is 16.5. The van der Waals surface area contributed by atoms with E-state index in [2.05, 4.69) is 21.3 Å². The van der Waals surface area contributed by atoms with E-state index < -0.39 is 5.97 Å². The van der Waals surface area contributed by atoms with Crippen LogP contribution < -0.4 is 0 Å². The minimum Gasteiger partial charge on any atom is -0.465 e. The van der Waals surface area contributed by atoms with E-state index in [1.807, 2.05) is 0 Å². The monoisotopic (exact) mass is 204 g/mol. The molecule has 1 aromatic rings. The molecule has 0 aromatic carbocycles. The second-order valence-electron chi connectivity index (χ2n) is 2.81. The fourth-order valence-electron chi connectivity index (χ4n) is 1.11. The Morgan fingerprint density at radius 3 is 2.53 bits per heavy atom. The van der Waals surface area contributed by atoms with E-state index in [1.165, 1.54) is 13.2 Å². The average molecular weight is 204 g/mol. The van der Waals surface area contributed by atoms with Gasteiger partial charge in [0.15, 0.2) is 5.82 Å². The van der Waals surface area contributed by atoms with Crippen molar-refractivity contribution in [2.45, 2.75) is 6.92 Å². The number of nitrogens with zero attached hydrogens (tertiary/aromatic N) is 2. The molecule has 0 N–H and O–H groups in total. The molecule has 0 aliphatic heterocycles. The van der Waals surface area contributed by atoms with E-state index in [9.17, 15) is 4.79 Å². The number of methoxy groups -OCH3 is 1. The minimum atomic E-state index is -0.435. The third-order valence-electron chi connectivity index (χ3n) is 1.91. The predicted molar refractivity (Wildman–Crippen MR) is 56.8 cm³/mol. The van der Waals surface area contributed by atoms with Crippen LogP contribution in [0.15, 0.2) is 36.7 Å². The predicted octanol–water partition coefficient (Wildman–Crippen LogP) is 1.61.